The molecule has 30 heavy (non-hydrogen) atoms. The summed E-state index contributed by atoms with van der Waals surface area (Å²) in [4.78, 5) is 12.2. The fraction of sp³-hybridized carbons (Fsp3) is 0.238. The topological polar surface area (TPSA) is 78.5 Å². The van der Waals surface area contributed by atoms with Crippen LogP contribution >= 0.6 is 0 Å². The number of alkyl halides is 2. The monoisotopic (exact) mass is 417 g/mol. The second kappa shape index (κ2) is 8.81. The Bertz CT molecular complexity index is 1050. The van der Waals surface area contributed by atoms with Crippen LogP contribution in [-0.2, 0) is 17.3 Å². The van der Waals surface area contributed by atoms with Crippen LogP contribution in [0.2, 0.25) is 0 Å². The first-order chi connectivity index (χ1) is 14.3. The number of hydrogen-bond donors (Lipinski definition) is 1. The van der Waals surface area contributed by atoms with Crippen LogP contribution in [0.3, 0.4) is 0 Å². The molecule has 0 saturated heterocycles. The second-order valence-corrected chi connectivity index (χ2v) is 6.46. The third-order valence-electron chi connectivity index (χ3n) is 4.15. The average molecular weight is 417 g/mol. The highest BCUT2D eigenvalue weighted by Crippen LogP contribution is 2.31. The van der Waals surface area contributed by atoms with Crippen molar-refractivity contribution in [2.45, 2.75) is 19.4 Å². The smallest absolute Gasteiger partial charge is 0.301 e. The first kappa shape index (κ1) is 21.1. The van der Waals surface area contributed by atoms with Gasteiger partial charge in [-0.15, -0.1) is 0 Å². The minimum Gasteiger partial charge on any atom is -0.493 e. The van der Waals surface area contributed by atoms with E-state index in [4.69, 9.17) is 13.9 Å². The van der Waals surface area contributed by atoms with E-state index >= 15 is 0 Å². The molecule has 3 aromatic rings. The van der Waals surface area contributed by atoms with Crippen LogP contribution in [0, 0.1) is 0 Å². The maximum absolute atomic E-state index is 13.3. The van der Waals surface area contributed by atoms with Crippen molar-refractivity contribution in [3.63, 3.8) is 0 Å². The van der Waals surface area contributed by atoms with E-state index < -0.39 is 17.6 Å². The lowest BCUT2D eigenvalue weighted by Crippen LogP contribution is -2.09. The van der Waals surface area contributed by atoms with Crippen molar-refractivity contribution < 1.29 is 27.5 Å². The number of furan rings is 1. The van der Waals surface area contributed by atoms with E-state index in [0.29, 0.717) is 28.6 Å². The standard InChI is InChI=1S/C21H21F2N3O4/c1-21(22,23)17-9-8-15(30-17)13-26-12-11-18(25-26)24-19(27)10-7-14-5-4-6-16(28-2)20(14)29-3/h4-12H,13H2,1-3H3,(H,24,25,27). The van der Waals surface area contributed by atoms with Gasteiger partial charge in [0.1, 0.15) is 5.76 Å². The van der Waals surface area contributed by atoms with Crippen molar-refractivity contribution in [1.29, 1.82) is 0 Å². The minimum atomic E-state index is -3.04. The Morgan fingerprint density at radius 1 is 1.23 bits per heavy atom. The number of nitrogens with one attached hydrogen (secondary N) is 1. The Labute approximate surface area is 171 Å². The number of aromatic nitrogens is 2. The first-order valence-electron chi connectivity index (χ1n) is 9.00. The van der Waals surface area contributed by atoms with Crippen molar-refractivity contribution in [2.75, 3.05) is 19.5 Å². The van der Waals surface area contributed by atoms with Gasteiger partial charge in [0, 0.05) is 30.8 Å². The number of carbonyl (C=O) groups is 1. The summed E-state index contributed by atoms with van der Waals surface area (Å²) < 4.78 is 43.7. The normalized spacial score (nSPS) is 11.6. The maximum Gasteiger partial charge on any atom is 0.301 e. The molecule has 1 amide bonds. The van der Waals surface area contributed by atoms with E-state index in [1.165, 1.54) is 37.1 Å². The molecule has 3 rings (SSSR count). The summed E-state index contributed by atoms with van der Waals surface area (Å²) in [5.41, 5.74) is 0.680. The summed E-state index contributed by atoms with van der Waals surface area (Å²) in [6.07, 6.45) is 4.55. The second-order valence-electron chi connectivity index (χ2n) is 6.46. The van der Waals surface area contributed by atoms with Gasteiger partial charge in [-0.2, -0.15) is 13.9 Å². The van der Waals surface area contributed by atoms with Crippen LogP contribution in [0.5, 0.6) is 11.5 Å². The van der Waals surface area contributed by atoms with Gasteiger partial charge >= 0.3 is 5.92 Å². The van der Waals surface area contributed by atoms with Crippen LogP contribution in [0.25, 0.3) is 6.08 Å². The fourth-order valence-corrected chi connectivity index (χ4v) is 2.75. The third-order valence-corrected chi connectivity index (χ3v) is 4.15. The molecule has 0 aliphatic heterocycles. The Kier molecular flexibility index (Phi) is 6.20. The zero-order valence-corrected chi connectivity index (χ0v) is 16.7. The molecular weight excluding hydrogens is 396 g/mol. The molecule has 0 aliphatic carbocycles. The van der Waals surface area contributed by atoms with Crippen molar-refractivity contribution in [3.05, 3.63) is 65.8 Å². The van der Waals surface area contributed by atoms with Crippen LogP contribution < -0.4 is 14.8 Å². The third kappa shape index (κ3) is 5.05. The maximum atomic E-state index is 13.3. The van der Waals surface area contributed by atoms with Gasteiger partial charge in [-0.25, -0.2) is 0 Å². The summed E-state index contributed by atoms with van der Waals surface area (Å²) >= 11 is 0. The lowest BCUT2D eigenvalue weighted by Gasteiger charge is -2.09. The van der Waals surface area contributed by atoms with Crippen molar-refractivity contribution >= 4 is 17.8 Å². The molecule has 158 valence electrons. The number of amides is 1. The number of halogens is 2. The van der Waals surface area contributed by atoms with Crippen molar-refractivity contribution in [2.24, 2.45) is 0 Å². The predicted molar refractivity (Wildman–Crippen MR) is 107 cm³/mol. The summed E-state index contributed by atoms with van der Waals surface area (Å²) in [5.74, 6) is -2.12. The average Bonchev–Trinajstić information content (AvgIpc) is 3.35. The van der Waals surface area contributed by atoms with Gasteiger partial charge in [0.25, 0.3) is 0 Å². The molecule has 0 aliphatic rings. The number of methoxy groups -OCH3 is 2. The number of para-hydroxylation sites is 1. The van der Waals surface area contributed by atoms with Gasteiger partial charge in [0.2, 0.25) is 5.91 Å². The zero-order chi connectivity index (χ0) is 21.7. The molecular formula is C21H21F2N3O4. The Hall–Kier alpha value is -3.62. The SMILES string of the molecule is COc1cccc(C=CC(=O)Nc2ccn(Cc3ccc(C(C)(F)F)o3)n2)c1OC. The minimum absolute atomic E-state index is 0.156. The largest absolute Gasteiger partial charge is 0.493 e. The molecule has 1 N–H and O–H groups in total. The number of ether oxygens (including phenoxy) is 2. The van der Waals surface area contributed by atoms with Gasteiger partial charge < -0.3 is 19.2 Å². The van der Waals surface area contributed by atoms with Gasteiger partial charge in [-0.05, 0) is 24.3 Å². The lowest BCUT2D eigenvalue weighted by atomic mass is 10.1. The summed E-state index contributed by atoms with van der Waals surface area (Å²) in [6.45, 7) is 0.925. The van der Waals surface area contributed by atoms with Gasteiger partial charge in [0.05, 0.1) is 20.8 Å². The number of nitrogens with zero attached hydrogens (tertiary/aromatic N) is 2. The van der Waals surface area contributed by atoms with Gasteiger partial charge in [0.15, 0.2) is 23.1 Å². The molecule has 0 unspecified atom stereocenters. The highest BCUT2D eigenvalue weighted by molar-refractivity contribution is 6.01. The molecule has 0 radical (unpaired) electrons. The molecule has 7 nitrogen and oxygen atoms in total. The van der Waals surface area contributed by atoms with E-state index in [0.717, 1.165) is 6.92 Å². The van der Waals surface area contributed by atoms with Gasteiger partial charge in [-0.1, -0.05) is 12.1 Å². The molecule has 2 heterocycles. The fourth-order valence-electron chi connectivity index (χ4n) is 2.75. The number of hydrogen-bond acceptors (Lipinski definition) is 5. The van der Waals surface area contributed by atoms with Crippen LogP contribution in [0.4, 0.5) is 14.6 Å². The Morgan fingerprint density at radius 3 is 2.70 bits per heavy atom. The molecule has 0 saturated carbocycles. The molecule has 9 heteroatoms. The van der Waals surface area contributed by atoms with E-state index in [-0.39, 0.29) is 6.54 Å². The Balaban J connectivity index is 1.63. The summed E-state index contributed by atoms with van der Waals surface area (Å²) in [5, 5.41) is 6.83. The zero-order valence-electron chi connectivity index (χ0n) is 16.7. The summed E-state index contributed by atoms with van der Waals surface area (Å²) in [7, 11) is 3.05. The molecule has 0 bridgehead atoms. The van der Waals surface area contributed by atoms with E-state index in [1.807, 2.05) is 0 Å². The summed E-state index contributed by atoms with van der Waals surface area (Å²) in [6, 6.07) is 9.63. The van der Waals surface area contributed by atoms with E-state index in [1.54, 1.807) is 36.5 Å². The van der Waals surface area contributed by atoms with Crippen molar-refractivity contribution in [1.82, 2.24) is 9.78 Å². The molecule has 2 aromatic heterocycles. The van der Waals surface area contributed by atoms with Crippen LogP contribution in [0.15, 0.2) is 53.1 Å². The molecule has 0 spiro atoms. The van der Waals surface area contributed by atoms with E-state index in [9.17, 15) is 13.6 Å². The number of anilines is 1. The molecule has 0 fully saturated rings. The first-order valence-corrected chi connectivity index (χ1v) is 9.00. The highest BCUT2D eigenvalue weighted by atomic mass is 19.3. The number of rotatable bonds is 8. The number of benzene rings is 1. The van der Waals surface area contributed by atoms with Crippen LogP contribution in [0.1, 0.15) is 24.0 Å². The molecule has 1 aromatic carbocycles. The Morgan fingerprint density at radius 2 is 2.03 bits per heavy atom. The van der Waals surface area contributed by atoms with Crippen molar-refractivity contribution in [3.8, 4) is 11.5 Å². The van der Waals surface area contributed by atoms with Crippen LogP contribution in [-0.4, -0.2) is 29.9 Å². The predicted octanol–water partition coefficient (Wildman–Crippen LogP) is 4.31. The number of carbonyl (C=O) groups excluding carboxylic acids is 1. The van der Waals surface area contributed by atoms with Gasteiger partial charge in [-0.3, -0.25) is 9.48 Å². The molecule has 0 atom stereocenters. The lowest BCUT2D eigenvalue weighted by molar-refractivity contribution is -0.111. The quantitative estimate of drug-likeness (QED) is 0.553. The highest BCUT2D eigenvalue weighted by Gasteiger charge is 2.28. The van der Waals surface area contributed by atoms with E-state index in [2.05, 4.69) is 10.4 Å².